The molecule has 1 aromatic rings. The molecule has 1 fully saturated rings. The maximum atomic E-state index is 13.4. The number of hydrogen-bond acceptors (Lipinski definition) is 3. The third-order valence-corrected chi connectivity index (χ3v) is 3.57. The molecule has 0 bridgehead atoms. The molecule has 1 saturated heterocycles. The lowest BCUT2D eigenvalue weighted by Crippen LogP contribution is -2.37. The molecule has 2 atom stereocenters. The molecule has 96 valence electrons. The summed E-state index contributed by atoms with van der Waals surface area (Å²) in [6.45, 7) is 1.54. The van der Waals surface area contributed by atoms with E-state index in [1.807, 2.05) is 22.6 Å². The first-order chi connectivity index (χ1) is 8.41. The summed E-state index contributed by atoms with van der Waals surface area (Å²) >= 11 is 1.83. The van der Waals surface area contributed by atoms with Gasteiger partial charge in [0.15, 0.2) is 0 Å². The Kier molecular flexibility index (Phi) is 3.42. The molecule has 1 aliphatic rings. The van der Waals surface area contributed by atoms with Crippen molar-refractivity contribution in [2.45, 2.75) is 19.1 Å². The van der Waals surface area contributed by atoms with Crippen LogP contribution in [-0.4, -0.2) is 29.3 Å². The van der Waals surface area contributed by atoms with Crippen LogP contribution in [0.25, 0.3) is 0 Å². The van der Waals surface area contributed by atoms with Crippen molar-refractivity contribution in [3.05, 3.63) is 27.6 Å². The second kappa shape index (κ2) is 4.71. The third kappa shape index (κ3) is 2.14. The number of benzene rings is 1. The number of ether oxygens (including phenoxy) is 1. The Bertz CT molecular complexity index is 522. The highest BCUT2D eigenvalue weighted by Crippen LogP contribution is 2.28. The van der Waals surface area contributed by atoms with E-state index in [0.717, 1.165) is 4.90 Å². The summed E-state index contributed by atoms with van der Waals surface area (Å²) in [7, 11) is 0. The largest absolute Gasteiger partial charge is 0.478 e. The summed E-state index contributed by atoms with van der Waals surface area (Å²) in [5, 5.41) is 8.89. The summed E-state index contributed by atoms with van der Waals surface area (Å²) in [6.07, 6.45) is -2.02. The van der Waals surface area contributed by atoms with Crippen LogP contribution in [0.4, 0.5) is 14.9 Å². The summed E-state index contributed by atoms with van der Waals surface area (Å²) in [5.74, 6) is -1.68. The fourth-order valence-corrected chi connectivity index (χ4v) is 2.13. The number of amides is 1. The SMILES string of the molecule is CC1[C@H](C(=O)O)OC(=O)N1c1ccc(I)c(F)c1. The van der Waals surface area contributed by atoms with Crippen LogP contribution >= 0.6 is 22.6 Å². The Morgan fingerprint density at radius 3 is 2.72 bits per heavy atom. The number of carboxylic acids is 1. The first kappa shape index (κ1) is 13.1. The van der Waals surface area contributed by atoms with Gasteiger partial charge in [0.2, 0.25) is 6.10 Å². The Balaban J connectivity index is 2.35. The van der Waals surface area contributed by atoms with Gasteiger partial charge in [-0.25, -0.2) is 14.0 Å². The quantitative estimate of drug-likeness (QED) is 0.817. The molecule has 0 aliphatic carbocycles. The second-order valence-electron chi connectivity index (χ2n) is 3.85. The minimum atomic E-state index is -1.24. The summed E-state index contributed by atoms with van der Waals surface area (Å²) in [5.41, 5.74) is 0.286. The average Bonchev–Trinajstić information content (AvgIpc) is 2.59. The number of aliphatic carboxylic acids is 1. The number of rotatable bonds is 2. The van der Waals surface area contributed by atoms with Crippen LogP contribution in [0.15, 0.2) is 18.2 Å². The monoisotopic (exact) mass is 365 g/mol. The van der Waals surface area contributed by atoms with Gasteiger partial charge in [-0.15, -0.1) is 0 Å². The predicted octanol–water partition coefficient (Wildman–Crippen LogP) is 2.23. The Labute approximate surface area is 116 Å². The average molecular weight is 365 g/mol. The van der Waals surface area contributed by atoms with Crippen molar-refractivity contribution in [1.29, 1.82) is 0 Å². The van der Waals surface area contributed by atoms with Crippen LogP contribution in [0.2, 0.25) is 0 Å². The summed E-state index contributed by atoms with van der Waals surface area (Å²) < 4.78 is 18.6. The molecular weight excluding hydrogens is 356 g/mol. The van der Waals surface area contributed by atoms with E-state index in [9.17, 15) is 14.0 Å². The Morgan fingerprint density at radius 2 is 2.22 bits per heavy atom. The van der Waals surface area contributed by atoms with Gasteiger partial charge in [-0.1, -0.05) is 0 Å². The zero-order chi connectivity index (χ0) is 13.4. The number of nitrogens with zero attached hydrogens (tertiary/aromatic N) is 1. The number of halogens is 2. The zero-order valence-electron chi connectivity index (χ0n) is 9.26. The molecule has 2 rings (SSSR count). The first-order valence-electron chi connectivity index (χ1n) is 5.09. The highest BCUT2D eigenvalue weighted by molar-refractivity contribution is 14.1. The standard InChI is InChI=1S/C11H9FINO4/c1-5-9(10(15)16)18-11(17)14(5)6-2-3-8(13)7(12)4-6/h2-5,9H,1H3,(H,15,16)/t5?,9-/m1/s1. The minimum Gasteiger partial charge on any atom is -0.478 e. The predicted molar refractivity (Wildman–Crippen MR) is 69.0 cm³/mol. The van der Waals surface area contributed by atoms with Crippen LogP contribution in [0.1, 0.15) is 6.92 Å². The van der Waals surface area contributed by atoms with E-state index in [1.54, 1.807) is 13.0 Å². The van der Waals surface area contributed by atoms with Gasteiger partial charge in [-0.05, 0) is 47.7 Å². The Morgan fingerprint density at radius 1 is 1.56 bits per heavy atom. The van der Waals surface area contributed by atoms with Gasteiger partial charge in [0, 0.05) is 3.57 Å². The van der Waals surface area contributed by atoms with Crippen molar-refractivity contribution >= 4 is 40.3 Å². The van der Waals surface area contributed by atoms with E-state index in [1.165, 1.54) is 12.1 Å². The van der Waals surface area contributed by atoms with E-state index in [2.05, 4.69) is 0 Å². The Hall–Kier alpha value is -1.38. The lowest BCUT2D eigenvalue weighted by atomic mass is 10.1. The molecule has 18 heavy (non-hydrogen) atoms. The molecule has 1 aliphatic heterocycles. The molecule has 1 heterocycles. The van der Waals surface area contributed by atoms with Gasteiger partial charge in [-0.2, -0.15) is 0 Å². The van der Waals surface area contributed by atoms with Crippen molar-refractivity contribution in [2.24, 2.45) is 0 Å². The number of carbonyl (C=O) groups is 2. The number of cyclic esters (lactones) is 1. The molecule has 1 N–H and O–H groups in total. The molecule has 0 aromatic heterocycles. The van der Waals surface area contributed by atoms with Gasteiger partial charge >= 0.3 is 12.1 Å². The number of anilines is 1. The van der Waals surface area contributed by atoms with E-state index in [-0.39, 0.29) is 5.69 Å². The fourth-order valence-electron chi connectivity index (χ4n) is 1.80. The van der Waals surface area contributed by atoms with Crippen molar-refractivity contribution in [2.75, 3.05) is 4.90 Å². The van der Waals surface area contributed by atoms with Gasteiger partial charge in [-0.3, -0.25) is 4.90 Å². The smallest absolute Gasteiger partial charge is 0.415 e. The second-order valence-corrected chi connectivity index (χ2v) is 5.01. The fraction of sp³-hybridized carbons (Fsp3) is 0.273. The van der Waals surface area contributed by atoms with Gasteiger partial charge in [0.1, 0.15) is 5.82 Å². The van der Waals surface area contributed by atoms with Gasteiger partial charge < -0.3 is 9.84 Å². The molecular formula is C11H9FINO4. The van der Waals surface area contributed by atoms with Gasteiger partial charge in [0.25, 0.3) is 0 Å². The molecule has 0 spiro atoms. The van der Waals surface area contributed by atoms with Crippen molar-refractivity contribution in [3.63, 3.8) is 0 Å². The molecule has 0 saturated carbocycles. The van der Waals surface area contributed by atoms with Crippen LogP contribution in [0, 0.1) is 9.39 Å². The van der Waals surface area contributed by atoms with Crippen molar-refractivity contribution in [3.8, 4) is 0 Å². The van der Waals surface area contributed by atoms with Crippen LogP contribution in [-0.2, 0) is 9.53 Å². The first-order valence-corrected chi connectivity index (χ1v) is 6.17. The van der Waals surface area contributed by atoms with Gasteiger partial charge in [0.05, 0.1) is 11.7 Å². The number of hydrogen-bond donors (Lipinski definition) is 1. The van der Waals surface area contributed by atoms with Crippen molar-refractivity contribution in [1.82, 2.24) is 0 Å². The molecule has 5 nitrogen and oxygen atoms in total. The number of carboxylic acid groups (broad SMARTS) is 1. The molecule has 1 amide bonds. The highest BCUT2D eigenvalue weighted by atomic mass is 127. The topological polar surface area (TPSA) is 66.8 Å². The number of carbonyl (C=O) groups excluding carboxylic acids is 1. The maximum absolute atomic E-state index is 13.4. The normalized spacial score (nSPS) is 23.1. The van der Waals surface area contributed by atoms with Crippen molar-refractivity contribution < 1.29 is 23.8 Å². The van der Waals surface area contributed by atoms with E-state index < -0.39 is 30.0 Å². The summed E-state index contributed by atoms with van der Waals surface area (Å²) in [6, 6.07) is 3.56. The summed E-state index contributed by atoms with van der Waals surface area (Å²) in [4.78, 5) is 23.6. The maximum Gasteiger partial charge on any atom is 0.415 e. The third-order valence-electron chi connectivity index (χ3n) is 2.69. The lowest BCUT2D eigenvalue weighted by molar-refractivity contribution is -0.145. The molecule has 0 radical (unpaired) electrons. The lowest BCUT2D eigenvalue weighted by Gasteiger charge is -2.19. The van der Waals surface area contributed by atoms with E-state index >= 15 is 0 Å². The van der Waals surface area contributed by atoms with Crippen LogP contribution in [0.3, 0.4) is 0 Å². The highest BCUT2D eigenvalue weighted by Gasteiger charge is 2.44. The molecule has 7 heteroatoms. The van der Waals surface area contributed by atoms with Crippen LogP contribution < -0.4 is 4.90 Å². The van der Waals surface area contributed by atoms with E-state index in [4.69, 9.17) is 9.84 Å². The van der Waals surface area contributed by atoms with Crippen LogP contribution in [0.5, 0.6) is 0 Å². The zero-order valence-corrected chi connectivity index (χ0v) is 11.4. The molecule has 1 aromatic carbocycles. The molecule has 1 unspecified atom stereocenters. The van der Waals surface area contributed by atoms with E-state index in [0.29, 0.717) is 3.57 Å². The minimum absolute atomic E-state index is 0.286.